The van der Waals surface area contributed by atoms with Crippen LogP contribution in [0.2, 0.25) is 0 Å². The lowest BCUT2D eigenvalue weighted by Crippen LogP contribution is -2.52. The van der Waals surface area contributed by atoms with Crippen LogP contribution in [0.15, 0.2) is 29.2 Å². The van der Waals surface area contributed by atoms with Crippen LogP contribution in [0.1, 0.15) is 55.8 Å². The first-order chi connectivity index (χ1) is 15.9. The Hall–Kier alpha value is -1.97. The second-order valence-electron chi connectivity index (χ2n) is 9.50. The Bertz CT molecular complexity index is 953. The molecule has 0 aromatic heterocycles. The molecule has 0 N–H and O–H groups in total. The maximum atomic E-state index is 13.2. The lowest BCUT2D eigenvalue weighted by molar-refractivity contribution is -0.133. The van der Waals surface area contributed by atoms with Crippen LogP contribution < -0.4 is 0 Å². The fourth-order valence-corrected chi connectivity index (χ4v) is 6.83. The number of rotatable bonds is 5. The third-order valence-corrected chi connectivity index (χ3v) is 9.17. The first-order valence-corrected chi connectivity index (χ1v) is 13.7. The van der Waals surface area contributed by atoms with Crippen LogP contribution in [0.4, 0.5) is 0 Å². The summed E-state index contributed by atoms with van der Waals surface area (Å²) in [6, 6.07) is 6.42. The van der Waals surface area contributed by atoms with E-state index in [1.54, 1.807) is 27.4 Å². The second kappa shape index (κ2) is 10.5. The van der Waals surface area contributed by atoms with Crippen LogP contribution in [-0.4, -0.2) is 97.6 Å². The fourth-order valence-electron chi connectivity index (χ4n) is 5.08. The molecule has 33 heavy (non-hydrogen) atoms. The topological polar surface area (TPSA) is 81.2 Å². The van der Waals surface area contributed by atoms with E-state index in [9.17, 15) is 18.0 Å². The molecule has 1 unspecified atom stereocenters. The molecule has 0 saturated carbocycles. The quantitative estimate of drug-likeness (QED) is 0.650. The molecule has 0 spiro atoms. The Morgan fingerprint density at radius 1 is 0.879 bits per heavy atom. The van der Waals surface area contributed by atoms with Gasteiger partial charge < -0.3 is 9.80 Å². The van der Waals surface area contributed by atoms with E-state index in [0.717, 1.165) is 45.2 Å². The second-order valence-corrected chi connectivity index (χ2v) is 11.4. The number of hydrogen-bond acceptors (Lipinski definition) is 5. The lowest BCUT2D eigenvalue weighted by atomic mass is 10.1. The molecule has 0 bridgehead atoms. The van der Waals surface area contributed by atoms with Crippen molar-refractivity contribution in [3.63, 3.8) is 0 Å². The lowest BCUT2D eigenvalue weighted by Gasteiger charge is -2.36. The first kappa shape index (κ1) is 24.2. The molecular weight excluding hydrogens is 440 g/mol. The Labute approximate surface area is 197 Å². The number of carbonyl (C=O) groups excluding carboxylic acids is 2. The van der Waals surface area contributed by atoms with Crippen LogP contribution in [0.5, 0.6) is 0 Å². The van der Waals surface area contributed by atoms with Gasteiger partial charge >= 0.3 is 0 Å². The number of nitrogens with zero attached hydrogens (tertiary/aromatic N) is 4. The number of hydrogen-bond donors (Lipinski definition) is 0. The summed E-state index contributed by atoms with van der Waals surface area (Å²) in [5, 5.41) is 0. The summed E-state index contributed by atoms with van der Waals surface area (Å²) < 4.78 is 27.9. The molecule has 0 aliphatic carbocycles. The van der Waals surface area contributed by atoms with Gasteiger partial charge in [0.2, 0.25) is 15.9 Å². The molecule has 8 nitrogen and oxygen atoms in total. The van der Waals surface area contributed by atoms with E-state index in [2.05, 4.69) is 4.90 Å². The molecule has 1 aromatic rings. The molecule has 1 atom stereocenters. The van der Waals surface area contributed by atoms with Crippen molar-refractivity contribution in [3.8, 4) is 0 Å². The van der Waals surface area contributed by atoms with Crippen LogP contribution in [0, 0.1) is 0 Å². The summed E-state index contributed by atoms with van der Waals surface area (Å²) in [7, 11) is -3.62. The normalized spacial score (nSPS) is 23.5. The van der Waals surface area contributed by atoms with Crippen molar-refractivity contribution < 1.29 is 18.0 Å². The van der Waals surface area contributed by atoms with Crippen molar-refractivity contribution in [2.75, 3.05) is 52.4 Å². The van der Waals surface area contributed by atoms with E-state index in [1.165, 1.54) is 12.5 Å². The zero-order valence-electron chi connectivity index (χ0n) is 19.6. The van der Waals surface area contributed by atoms with Gasteiger partial charge in [0, 0.05) is 57.4 Å². The van der Waals surface area contributed by atoms with Crippen molar-refractivity contribution >= 4 is 21.8 Å². The van der Waals surface area contributed by atoms with Crippen LogP contribution >= 0.6 is 0 Å². The third-order valence-electron chi connectivity index (χ3n) is 7.16. The molecule has 3 saturated heterocycles. The smallest absolute Gasteiger partial charge is 0.253 e. The molecule has 182 valence electrons. The van der Waals surface area contributed by atoms with Crippen molar-refractivity contribution in [1.82, 2.24) is 19.0 Å². The Morgan fingerprint density at radius 3 is 2.27 bits per heavy atom. The van der Waals surface area contributed by atoms with Gasteiger partial charge in [0.1, 0.15) is 0 Å². The molecule has 4 rings (SSSR count). The number of carbonyl (C=O) groups is 2. The predicted molar refractivity (Wildman–Crippen MR) is 126 cm³/mol. The highest BCUT2D eigenvalue weighted by atomic mass is 32.2. The van der Waals surface area contributed by atoms with E-state index in [0.29, 0.717) is 44.8 Å². The summed E-state index contributed by atoms with van der Waals surface area (Å²) in [6.07, 6.45) is 6.14. The Morgan fingerprint density at radius 2 is 1.58 bits per heavy atom. The molecule has 2 amide bonds. The minimum absolute atomic E-state index is 0.0242. The Balaban J connectivity index is 1.36. The van der Waals surface area contributed by atoms with Crippen molar-refractivity contribution in [2.24, 2.45) is 0 Å². The van der Waals surface area contributed by atoms with Gasteiger partial charge in [-0.2, -0.15) is 4.31 Å². The highest BCUT2D eigenvalue weighted by molar-refractivity contribution is 7.89. The zero-order chi connectivity index (χ0) is 23.4. The Kier molecular flexibility index (Phi) is 7.71. The first-order valence-electron chi connectivity index (χ1n) is 12.3. The zero-order valence-corrected chi connectivity index (χ0v) is 20.4. The largest absolute Gasteiger partial charge is 0.342 e. The van der Waals surface area contributed by atoms with E-state index < -0.39 is 10.0 Å². The van der Waals surface area contributed by atoms with Gasteiger partial charge in [0.15, 0.2) is 0 Å². The number of sulfonamides is 1. The summed E-state index contributed by atoms with van der Waals surface area (Å²) in [5.74, 6) is 0.0278. The highest BCUT2D eigenvalue weighted by Crippen LogP contribution is 2.26. The molecule has 0 radical (unpaired) electrons. The molecule has 3 aliphatic rings. The van der Waals surface area contributed by atoms with Gasteiger partial charge in [-0.3, -0.25) is 14.5 Å². The molecule has 9 heteroatoms. The molecule has 3 fully saturated rings. The summed E-state index contributed by atoms with van der Waals surface area (Å²) in [5.41, 5.74) is 0.401. The molecule has 3 aliphatic heterocycles. The predicted octanol–water partition coefficient (Wildman–Crippen LogP) is 2.02. The molecular formula is C24H36N4O4S. The maximum Gasteiger partial charge on any atom is 0.253 e. The summed E-state index contributed by atoms with van der Waals surface area (Å²) in [6.45, 7) is 6.95. The van der Waals surface area contributed by atoms with E-state index in [4.69, 9.17) is 0 Å². The van der Waals surface area contributed by atoms with Gasteiger partial charge in [-0.05, 0) is 57.2 Å². The number of likely N-dealkylation sites (tertiary alicyclic amines) is 1. The maximum absolute atomic E-state index is 13.2. The third kappa shape index (κ3) is 5.58. The number of amides is 2. The van der Waals surface area contributed by atoms with Crippen LogP contribution in [0.3, 0.4) is 0 Å². The minimum atomic E-state index is -3.62. The van der Waals surface area contributed by atoms with Gasteiger partial charge in [-0.1, -0.05) is 12.5 Å². The summed E-state index contributed by atoms with van der Waals surface area (Å²) >= 11 is 0. The van der Waals surface area contributed by atoms with Gasteiger partial charge in [-0.15, -0.1) is 0 Å². The molecule has 1 aromatic carbocycles. The van der Waals surface area contributed by atoms with Crippen LogP contribution in [0.25, 0.3) is 0 Å². The van der Waals surface area contributed by atoms with Crippen molar-refractivity contribution in [1.29, 1.82) is 0 Å². The molecule has 3 heterocycles. The van der Waals surface area contributed by atoms with Gasteiger partial charge in [-0.25, -0.2) is 8.42 Å². The van der Waals surface area contributed by atoms with Crippen molar-refractivity contribution in [2.45, 2.75) is 56.4 Å². The number of benzene rings is 1. The highest BCUT2D eigenvalue weighted by Gasteiger charge is 2.32. The number of piperidine rings is 2. The van der Waals surface area contributed by atoms with Gasteiger partial charge in [0.25, 0.3) is 5.91 Å². The fraction of sp³-hybridized carbons (Fsp3) is 0.667. The van der Waals surface area contributed by atoms with E-state index >= 15 is 0 Å². The minimum Gasteiger partial charge on any atom is -0.342 e. The van der Waals surface area contributed by atoms with E-state index in [1.807, 2.05) is 11.8 Å². The standard InChI is InChI=1S/C24H36N4O4S/c1-20-8-3-6-13-28(20)33(31,32)22-10-7-9-21(18-22)24(30)27-16-14-25(15-17-27)19-23(29)26-11-4-2-5-12-26/h7,9-10,18,20H,2-6,8,11-17,19H2,1H3. The monoisotopic (exact) mass is 476 g/mol. The summed E-state index contributed by atoms with van der Waals surface area (Å²) in [4.78, 5) is 31.7. The van der Waals surface area contributed by atoms with Crippen molar-refractivity contribution in [3.05, 3.63) is 29.8 Å². The van der Waals surface area contributed by atoms with Crippen LogP contribution in [-0.2, 0) is 14.8 Å². The van der Waals surface area contributed by atoms with E-state index in [-0.39, 0.29) is 22.8 Å². The number of piperazine rings is 1. The van der Waals surface area contributed by atoms with Gasteiger partial charge in [0.05, 0.1) is 11.4 Å². The average Bonchev–Trinajstić information content (AvgIpc) is 2.85. The SMILES string of the molecule is CC1CCCCN1S(=O)(=O)c1cccc(C(=O)N2CCN(CC(=O)N3CCCCC3)CC2)c1. The average molecular weight is 477 g/mol.